The summed E-state index contributed by atoms with van der Waals surface area (Å²) in [5, 5.41) is 16.6. The molecule has 0 saturated heterocycles. The van der Waals surface area contributed by atoms with E-state index in [-0.39, 0.29) is 11.9 Å². The molecule has 2 aromatic heterocycles. The average Bonchev–Trinajstić information content (AvgIpc) is 3.44. The third-order valence-electron chi connectivity index (χ3n) is 5.76. The van der Waals surface area contributed by atoms with Gasteiger partial charge in [0.05, 0.1) is 17.1 Å². The van der Waals surface area contributed by atoms with Crippen LogP contribution in [-0.4, -0.2) is 36.6 Å². The third kappa shape index (κ3) is 4.05. The Hall–Kier alpha value is -3.78. The molecule has 9 heteroatoms. The predicted molar refractivity (Wildman–Crippen MR) is 127 cm³/mol. The van der Waals surface area contributed by atoms with Crippen LogP contribution in [0.15, 0.2) is 59.7 Å². The molecule has 0 saturated carbocycles. The quantitative estimate of drug-likeness (QED) is 0.450. The van der Waals surface area contributed by atoms with Gasteiger partial charge in [-0.3, -0.25) is 19.5 Å². The van der Waals surface area contributed by atoms with Gasteiger partial charge in [0.2, 0.25) is 5.91 Å². The molecule has 166 valence electrons. The van der Waals surface area contributed by atoms with Crippen molar-refractivity contribution in [1.29, 1.82) is 0 Å². The molecule has 4 aromatic rings. The summed E-state index contributed by atoms with van der Waals surface area (Å²) in [5.41, 5.74) is 10.9. The Labute approximate surface area is 195 Å². The number of aromatic nitrogens is 5. The molecule has 3 N–H and O–H groups in total. The van der Waals surface area contributed by atoms with Crippen molar-refractivity contribution in [3.05, 3.63) is 82.5 Å². The highest BCUT2D eigenvalue weighted by Gasteiger charge is 2.28. The summed E-state index contributed by atoms with van der Waals surface area (Å²) in [7, 11) is 0. The second-order valence-corrected chi connectivity index (χ2v) is 8.44. The number of rotatable bonds is 6. The number of nitrogens with one attached hydrogen (secondary N) is 1. The van der Waals surface area contributed by atoms with Crippen LogP contribution >= 0.6 is 11.6 Å². The number of nitrogens with zero attached hydrogens (tertiary/aromatic N) is 5. The summed E-state index contributed by atoms with van der Waals surface area (Å²) in [5.74, 6) is 1.19. The molecular weight excluding hydrogens is 438 g/mol. The number of benzene rings is 2. The zero-order valence-corrected chi connectivity index (χ0v) is 18.8. The number of aliphatic imine (C=N–C) groups is 1. The molecule has 0 bridgehead atoms. The molecule has 8 nitrogen and oxygen atoms in total. The summed E-state index contributed by atoms with van der Waals surface area (Å²) in [6, 6.07) is 15.5. The standard InChI is InChI=1S/C24H22ClN7O/c1-14-29-31-24-20(3-2-4-22(26)33)28-23(15-5-8-17(25)9-6-15)18-13-16(19-11-12-27-30-19)7-10-21(18)32(14)24/h5-13,20H,2-4H2,1H3,(H2,26,33)(H,27,30). The van der Waals surface area contributed by atoms with Crippen molar-refractivity contribution in [2.24, 2.45) is 10.7 Å². The van der Waals surface area contributed by atoms with Gasteiger partial charge in [0.25, 0.3) is 0 Å². The first-order chi connectivity index (χ1) is 16.0. The van der Waals surface area contributed by atoms with Crippen LogP contribution in [-0.2, 0) is 4.79 Å². The number of primary amides is 1. The zero-order valence-electron chi connectivity index (χ0n) is 18.0. The van der Waals surface area contributed by atoms with Gasteiger partial charge in [-0.05, 0) is 50.1 Å². The lowest BCUT2D eigenvalue weighted by Gasteiger charge is -2.14. The minimum absolute atomic E-state index is 0.278. The number of nitrogens with two attached hydrogens (primary N) is 1. The smallest absolute Gasteiger partial charge is 0.217 e. The normalized spacial score (nSPS) is 14.8. The number of H-pyrrole nitrogens is 1. The van der Waals surface area contributed by atoms with Crippen LogP contribution in [0.25, 0.3) is 16.9 Å². The highest BCUT2D eigenvalue weighted by atomic mass is 35.5. The van der Waals surface area contributed by atoms with Crippen LogP contribution in [0.1, 0.15) is 48.1 Å². The number of hydrogen-bond donors (Lipinski definition) is 2. The lowest BCUT2D eigenvalue weighted by Crippen LogP contribution is -2.11. The fourth-order valence-corrected chi connectivity index (χ4v) is 4.31. The molecule has 0 aliphatic carbocycles. The van der Waals surface area contributed by atoms with E-state index in [1.54, 1.807) is 6.20 Å². The van der Waals surface area contributed by atoms with Crippen molar-refractivity contribution in [1.82, 2.24) is 25.0 Å². The number of carbonyl (C=O) groups is 1. The van der Waals surface area contributed by atoms with Gasteiger partial charge in [-0.25, -0.2) is 0 Å². The molecule has 0 radical (unpaired) electrons. The van der Waals surface area contributed by atoms with E-state index in [2.05, 4.69) is 32.5 Å². The highest BCUT2D eigenvalue weighted by Crippen LogP contribution is 2.35. The number of amides is 1. The van der Waals surface area contributed by atoms with E-state index < -0.39 is 0 Å². The van der Waals surface area contributed by atoms with Crippen molar-refractivity contribution in [2.45, 2.75) is 32.2 Å². The van der Waals surface area contributed by atoms with Crippen LogP contribution < -0.4 is 5.73 Å². The van der Waals surface area contributed by atoms with Crippen molar-refractivity contribution in [2.75, 3.05) is 0 Å². The Kier molecular flexibility index (Phi) is 5.51. The largest absolute Gasteiger partial charge is 0.370 e. The van der Waals surface area contributed by atoms with Gasteiger partial charge < -0.3 is 5.73 Å². The van der Waals surface area contributed by atoms with Gasteiger partial charge in [-0.1, -0.05) is 29.8 Å². The molecule has 1 aliphatic rings. The van der Waals surface area contributed by atoms with Crippen molar-refractivity contribution in [3.63, 3.8) is 0 Å². The molecule has 33 heavy (non-hydrogen) atoms. The molecule has 5 rings (SSSR count). The second-order valence-electron chi connectivity index (χ2n) is 8.00. The van der Waals surface area contributed by atoms with Crippen molar-refractivity contribution >= 4 is 23.2 Å². The number of halogens is 1. The topological polar surface area (TPSA) is 115 Å². The minimum Gasteiger partial charge on any atom is -0.370 e. The number of carbonyl (C=O) groups excluding carboxylic acids is 1. The molecule has 1 aliphatic heterocycles. The molecular formula is C24H22ClN7O. The predicted octanol–water partition coefficient (Wildman–Crippen LogP) is 4.17. The molecule has 1 amide bonds. The maximum Gasteiger partial charge on any atom is 0.217 e. The zero-order chi connectivity index (χ0) is 22.9. The molecule has 2 aromatic carbocycles. The lowest BCUT2D eigenvalue weighted by molar-refractivity contribution is -0.118. The summed E-state index contributed by atoms with van der Waals surface area (Å²) in [6.45, 7) is 1.93. The first-order valence-electron chi connectivity index (χ1n) is 10.7. The summed E-state index contributed by atoms with van der Waals surface area (Å²) in [4.78, 5) is 16.5. The SMILES string of the molecule is Cc1nnc2n1-c1ccc(-c3ccn[nH]3)cc1C(c1ccc(Cl)cc1)=NC2CCCC(N)=O. The Morgan fingerprint density at radius 3 is 2.64 bits per heavy atom. The van der Waals surface area contributed by atoms with E-state index in [1.807, 2.05) is 47.9 Å². The Balaban J connectivity index is 1.71. The maximum absolute atomic E-state index is 11.3. The fraction of sp³-hybridized carbons (Fsp3) is 0.208. The van der Waals surface area contributed by atoms with Gasteiger partial charge in [0.1, 0.15) is 11.9 Å². The van der Waals surface area contributed by atoms with Crippen LogP contribution in [0.2, 0.25) is 5.02 Å². The molecule has 0 fully saturated rings. The van der Waals surface area contributed by atoms with Gasteiger partial charge in [-0.2, -0.15) is 5.10 Å². The fourth-order valence-electron chi connectivity index (χ4n) is 4.18. The summed E-state index contributed by atoms with van der Waals surface area (Å²) < 4.78 is 2.05. The summed E-state index contributed by atoms with van der Waals surface area (Å²) >= 11 is 6.16. The monoisotopic (exact) mass is 459 g/mol. The first kappa shape index (κ1) is 21.1. The van der Waals surface area contributed by atoms with Crippen molar-refractivity contribution in [3.8, 4) is 16.9 Å². The third-order valence-corrected chi connectivity index (χ3v) is 6.01. The highest BCUT2D eigenvalue weighted by molar-refractivity contribution is 6.30. The van der Waals surface area contributed by atoms with Gasteiger partial charge in [0.15, 0.2) is 5.82 Å². The van der Waals surface area contributed by atoms with Gasteiger partial charge in [-0.15, -0.1) is 10.2 Å². The summed E-state index contributed by atoms with van der Waals surface area (Å²) in [6.07, 6.45) is 3.26. The van der Waals surface area contributed by atoms with Gasteiger partial charge in [0, 0.05) is 34.3 Å². The van der Waals surface area contributed by atoms with Crippen LogP contribution in [0, 0.1) is 6.92 Å². The number of hydrogen-bond acceptors (Lipinski definition) is 5. The van der Waals surface area contributed by atoms with E-state index in [0.717, 1.165) is 45.4 Å². The van der Waals surface area contributed by atoms with Crippen LogP contribution in [0.4, 0.5) is 0 Å². The maximum atomic E-state index is 11.3. The van der Waals surface area contributed by atoms with Gasteiger partial charge >= 0.3 is 0 Å². The van der Waals surface area contributed by atoms with Crippen LogP contribution in [0.5, 0.6) is 0 Å². The Morgan fingerprint density at radius 1 is 1.12 bits per heavy atom. The van der Waals surface area contributed by atoms with E-state index in [0.29, 0.717) is 24.3 Å². The minimum atomic E-state index is -0.323. The van der Waals surface area contributed by atoms with E-state index in [4.69, 9.17) is 22.3 Å². The molecule has 1 atom stereocenters. The number of aryl methyl sites for hydroxylation is 1. The molecule has 0 spiro atoms. The Morgan fingerprint density at radius 2 is 1.91 bits per heavy atom. The second kappa shape index (κ2) is 8.63. The van der Waals surface area contributed by atoms with E-state index >= 15 is 0 Å². The van der Waals surface area contributed by atoms with Crippen LogP contribution in [0.3, 0.4) is 0 Å². The average molecular weight is 460 g/mol. The molecule has 3 heterocycles. The molecule has 1 unspecified atom stereocenters. The van der Waals surface area contributed by atoms with E-state index in [1.165, 1.54) is 0 Å². The Bertz CT molecular complexity index is 1340. The lowest BCUT2D eigenvalue weighted by atomic mass is 9.97. The van der Waals surface area contributed by atoms with Crippen molar-refractivity contribution < 1.29 is 4.79 Å². The van der Waals surface area contributed by atoms with E-state index in [9.17, 15) is 4.79 Å². The first-order valence-corrected chi connectivity index (χ1v) is 11.1. The number of aromatic amines is 1. The number of fused-ring (bicyclic) bond motifs is 3.